The van der Waals surface area contributed by atoms with E-state index in [2.05, 4.69) is 48.5 Å². The summed E-state index contributed by atoms with van der Waals surface area (Å²) in [6.45, 7) is 0. The zero-order chi connectivity index (χ0) is 39.0. The quantitative estimate of drug-likeness (QED) is 0.172. The van der Waals surface area contributed by atoms with Crippen LogP contribution in [0.4, 0.5) is 0 Å². The number of rotatable bonds is 5. The van der Waals surface area contributed by atoms with E-state index in [1.54, 1.807) is 0 Å². The number of nitrogens with zero attached hydrogens (tertiary/aromatic N) is 4. The standard InChI is InChI=1S/C52H28N4O3/c53-29-30-9-6-12-32(25-30)33-19-22-44-40(26-33)48-36(14-7-17-46(48)58-44)34-20-23-45-41(27-34)49-38(15-8-18-47(49)59-45)52-55-50(31-10-2-1-3-11-31)54-51(56-52)35-21-24-43-39(28-35)37-13-4-5-16-42(37)57-43/h1-28H. The van der Waals surface area contributed by atoms with Crippen LogP contribution in [0.15, 0.2) is 183 Å². The lowest BCUT2D eigenvalue weighted by molar-refractivity contribution is 0.668. The van der Waals surface area contributed by atoms with Gasteiger partial charge in [0.05, 0.1) is 11.6 Å². The zero-order valence-corrected chi connectivity index (χ0v) is 31.2. The van der Waals surface area contributed by atoms with Gasteiger partial charge in [-0.15, -0.1) is 0 Å². The number of hydrogen-bond donors (Lipinski definition) is 0. The van der Waals surface area contributed by atoms with Crippen LogP contribution in [-0.2, 0) is 0 Å². The van der Waals surface area contributed by atoms with Gasteiger partial charge in [0.1, 0.15) is 33.5 Å². The first-order chi connectivity index (χ1) is 29.1. The van der Waals surface area contributed by atoms with Crippen molar-refractivity contribution in [3.8, 4) is 62.5 Å². The average Bonchev–Trinajstić information content (AvgIpc) is 3.99. The molecular formula is C52H28N4O3. The van der Waals surface area contributed by atoms with E-state index in [9.17, 15) is 5.26 Å². The summed E-state index contributed by atoms with van der Waals surface area (Å²) in [5.74, 6) is 1.68. The van der Waals surface area contributed by atoms with Crippen LogP contribution < -0.4 is 0 Å². The Morgan fingerprint density at radius 2 is 0.847 bits per heavy atom. The lowest BCUT2D eigenvalue weighted by atomic mass is 9.95. The van der Waals surface area contributed by atoms with Crippen molar-refractivity contribution in [1.29, 1.82) is 5.26 Å². The van der Waals surface area contributed by atoms with Gasteiger partial charge in [-0.2, -0.15) is 5.26 Å². The van der Waals surface area contributed by atoms with E-state index in [-0.39, 0.29) is 0 Å². The van der Waals surface area contributed by atoms with Crippen molar-refractivity contribution in [1.82, 2.24) is 15.0 Å². The third-order valence-electron chi connectivity index (χ3n) is 11.2. The Kier molecular flexibility index (Phi) is 7.16. The second-order valence-corrected chi connectivity index (χ2v) is 14.7. The summed E-state index contributed by atoms with van der Waals surface area (Å²) in [6.07, 6.45) is 0. The van der Waals surface area contributed by atoms with Crippen molar-refractivity contribution < 1.29 is 13.3 Å². The fourth-order valence-corrected chi connectivity index (χ4v) is 8.40. The normalized spacial score (nSPS) is 11.7. The Balaban J connectivity index is 1.05. The summed E-state index contributed by atoms with van der Waals surface area (Å²) in [5.41, 5.74) is 12.0. The Hall–Kier alpha value is -8.34. The molecular weight excluding hydrogens is 729 g/mol. The Bertz CT molecular complexity index is 3700. The van der Waals surface area contributed by atoms with Gasteiger partial charge in [0.15, 0.2) is 17.5 Å². The zero-order valence-electron chi connectivity index (χ0n) is 31.2. The largest absolute Gasteiger partial charge is 0.456 e. The number of nitriles is 1. The predicted octanol–water partition coefficient (Wildman–Crippen LogP) is 13.8. The van der Waals surface area contributed by atoms with Gasteiger partial charge in [0.2, 0.25) is 0 Å². The van der Waals surface area contributed by atoms with Crippen LogP contribution in [0.2, 0.25) is 0 Å². The number of benzene rings is 8. The summed E-state index contributed by atoms with van der Waals surface area (Å²) in [5, 5.41) is 15.5. The minimum Gasteiger partial charge on any atom is -0.456 e. The maximum atomic E-state index is 9.55. The van der Waals surface area contributed by atoms with Crippen molar-refractivity contribution in [3.05, 3.63) is 175 Å². The number of hydrogen-bond acceptors (Lipinski definition) is 7. The predicted molar refractivity (Wildman–Crippen MR) is 234 cm³/mol. The number of furan rings is 3. The fraction of sp³-hybridized carbons (Fsp3) is 0. The first-order valence-electron chi connectivity index (χ1n) is 19.3. The number of aromatic nitrogens is 3. The highest BCUT2D eigenvalue weighted by Crippen LogP contribution is 2.42. The van der Waals surface area contributed by atoms with Crippen molar-refractivity contribution in [2.45, 2.75) is 0 Å². The molecule has 12 aromatic rings. The summed E-state index contributed by atoms with van der Waals surface area (Å²) < 4.78 is 19.1. The molecule has 274 valence electrons. The highest BCUT2D eigenvalue weighted by atomic mass is 16.3. The molecule has 8 aromatic carbocycles. The molecule has 4 heterocycles. The lowest BCUT2D eigenvalue weighted by Crippen LogP contribution is -2.00. The molecule has 0 radical (unpaired) electrons. The molecule has 0 saturated carbocycles. The van der Waals surface area contributed by atoms with Crippen LogP contribution in [0.1, 0.15) is 5.56 Å². The third-order valence-corrected chi connectivity index (χ3v) is 11.2. The van der Waals surface area contributed by atoms with Crippen LogP contribution in [0.25, 0.3) is 122 Å². The SMILES string of the molecule is N#Cc1cccc(-c2ccc3oc4cccc(-c5ccc6oc7cccc(-c8nc(-c9ccccc9)nc(-c9ccc%10oc%11ccccc%11c%10c9)n8)c7c6c5)c4c3c2)c1. The number of para-hydroxylation sites is 1. The molecule has 0 atom stereocenters. The van der Waals surface area contributed by atoms with Crippen molar-refractivity contribution in [2.24, 2.45) is 0 Å². The molecule has 0 unspecified atom stereocenters. The van der Waals surface area contributed by atoms with Gasteiger partial charge >= 0.3 is 0 Å². The van der Waals surface area contributed by atoms with E-state index in [0.29, 0.717) is 23.0 Å². The van der Waals surface area contributed by atoms with Crippen LogP contribution in [0.3, 0.4) is 0 Å². The summed E-state index contributed by atoms with van der Waals surface area (Å²) in [4.78, 5) is 15.3. The molecule has 7 nitrogen and oxygen atoms in total. The molecule has 0 bridgehead atoms. The fourth-order valence-electron chi connectivity index (χ4n) is 8.40. The van der Waals surface area contributed by atoms with Gasteiger partial charge in [-0.05, 0) is 95.1 Å². The second-order valence-electron chi connectivity index (χ2n) is 14.7. The van der Waals surface area contributed by atoms with Gasteiger partial charge in [0.25, 0.3) is 0 Å². The van der Waals surface area contributed by atoms with Gasteiger partial charge in [0, 0.05) is 49.0 Å². The molecule has 59 heavy (non-hydrogen) atoms. The molecule has 0 spiro atoms. The van der Waals surface area contributed by atoms with E-state index in [1.165, 1.54) is 0 Å². The Labute approximate surface area is 336 Å². The second kappa shape index (κ2) is 12.8. The molecule has 12 rings (SSSR count). The summed E-state index contributed by atoms with van der Waals surface area (Å²) in [7, 11) is 0. The van der Waals surface area contributed by atoms with Crippen LogP contribution in [0, 0.1) is 11.3 Å². The first-order valence-corrected chi connectivity index (χ1v) is 19.3. The third kappa shape index (κ3) is 5.32. The summed E-state index contributed by atoms with van der Waals surface area (Å²) >= 11 is 0. The molecule has 0 fully saturated rings. The van der Waals surface area contributed by atoms with Crippen molar-refractivity contribution in [3.63, 3.8) is 0 Å². The van der Waals surface area contributed by atoms with E-state index in [0.717, 1.165) is 105 Å². The highest BCUT2D eigenvalue weighted by Gasteiger charge is 2.20. The van der Waals surface area contributed by atoms with E-state index >= 15 is 0 Å². The molecule has 0 amide bonds. The van der Waals surface area contributed by atoms with Crippen molar-refractivity contribution in [2.75, 3.05) is 0 Å². The minimum atomic E-state index is 0.542. The van der Waals surface area contributed by atoms with Gasteiger partial charge in [-0.1, -0.05) is 97.1 Å². The summed E-state index contributed by atoms with van der Waals surface area (Å²) in [6, 6.07) is 58.8. The molecule has 0 aliphatic rings. The molecule has 4 aromatic heterocycles. The van der Waals surface area contributed by atoms with E-state index < -0.39 is 0 Å². The molecule has 0 saturated heterocycles. The molecule has 0 aliphatic heterocycles. The van der Waals surface area contributed by atoms with Crippen LogP contribution >= 0.6 is 0 Å². The van der Waals surface area contributed by atoms with Gasteiger partial charge in [-0.25, -0.2) is 15.0 Å². The Morgan fingerprint density at radius 1 is 0.339 bits per heavy atom. The van der Waals surface area contributed by atoms with Crippen LogP contribution in [-0.4, -0.2) is 15.0 Å². The van der Waals surface area contributed by atoms with Crippen molar-refractivity contribution >= 4 is 65.8 Å². The molecule has 0 aliphatic carbocycles. The minimum absolute atomic E-state index is 0.542. The average molecular weight is 757 g/mol. The van der Waals surface area contributed by atoms with E-state index in [4.69, 9.17) is 28.2 Å². The molecule has 0 N–H and O–H groups in total. The maximum Gasteiger partial charge on any atom is 0.164 e. The van der Waals surface area contributed by atoms with Gasteiger partial charge in [-0.3, -0.25) is 0 Å². The Morgan fingerprint density at radius 3 is 1.63 bits per heavy atom. The first kappa shape index (κ1) is 32.9. The highest BCUT2D eigenvalue weighted by molar-refractivity contribution is 6.16. The van der Waals surface area contributed by atoms with E-state index in [1.807, 2.05) is 127 Å². The lowest BCUT2D eigenvalue weighted by Gasteiger charge is -2.09. The number of fused-ring (bicyclic) bond motifs is 9. The smallest absolute Gasteiger partial charge is 0.164 e. The van der Waals surface area contributed by atoms with Gasteiger partial charge < -0.3 is 13.3 Å². The van der Waals surface area contributed by atoms with Crippen LogP contribution in [0.5, 0.6) is 0 Å². The monoisotopic (exact) mass is 756 g/mol. The maximum absolute atomic E-state index is 9.55. The topological polar surface area (TPSA) is 102 Å². The molecule has 7 heteroatoms.